The van der Waals surface area contributed by atoms with Crippen molar-refractivity contribution in [1.29, 1.82) is 0 Å². The van der Waals surface area contributed by atoms with Crippen LogP contribution < -0.4 is 5.32 Å². The number of hydrogen-bond acceptors (Lipinski definition) is 5. The van der Waals surface area contributed by atoms with Crippen LogP contribution in [-0.4, -0.2) is 22.5 Å². The minimum atomic E-state index is -4.50. The lowest BCUT2D eigenvalue weighted by molar-refractivity contribution is -0.137. The van der Waals surface area contributed by atoms with E-state index in [-0.39, 0.29) is 12.1 Å². The molecule has 0 aliphatic heterocycles. The second kappa shape index (κ2) is 8.20. The zero-order chi connectivity index (χ0) is 20.5. The first-order valence-corrected chi connectivity index (χ1v) is 10.0. The predicted molar refractivity (Wildman–Crippen MR) is 104 cm³/mol. The molecule has 0 aliphatic rings. The molecule has 0 aliphatic carbocycles. The highest BCUT2D eigenvalue weighted by Crippen LogP contribution is 2.35. The van der Waals surface area contributed by atoms with E-state index in [2.05, 4.69) is 10.3 Å². The SMILES string of the molecule is Cc1nc(-c2ccc(Cl)s2)sc1C(=O)NCC(O)c1cccc(C(F)(F)F)c1. The maximum absolute atomic E-state index is 12.8. The lowest BCUT2D eigenvalue weighted by Gasteiger charge is -2.14. The maximum Gasteiger partial charge on any atom is 0.416 e. The summed E-state index contributed by atoms with van der Waals surface area (Å²) in [7, 11) is 0. The number of aromatic nitrogens is 1. The number of rotatable bonds is 5. The van der Waals surface area contributed by atoms with Crippen LogP contribution in [0.15, 0.2) is 36.4 Å². The van der Waals surface area contributed by atoms with Crippen LogP contribution in [0.2, 0.25) is 4.34 Å². The molecule has 1 amide bonds. The van der Waals surface area contributed by atoms with Gasteiger partial charge < -0.3 is 10.4 Å². The van der Waals surface area contributed by atoms with Crippen molar-refractivity contribution in [2.75, 3.05) is 6.54 Å². The first-order valence-electron chi connectivity index (χ1n) is 8.01. The molecule has 2 heterocycles. The molecule has 10 heteroatoms. The molecule has 3 aromatic rings. The van der Waals surface area contributed by atoms with Gasteiger partial charge in [0, 0.05) is 6.54 Å². The summed E-state index contributed by atoms with van der Waals surface area (Å²) in [5.74, 6) is -0.449. The molecule has 148 valence electrons. The van der Waals surface area contributed by atoms with Crippen LogP contribution >= 0.6 is 34.3 Å². The van der Waals surface area contributed by atoms with Gasteiger partial charge in [-0.15, -0.1) is 22.7 Å². The Morgan fingerprint density at radius 1 is 1.29 bits per heavy atom. The quantitative estimate of drug-likeness (QED) is 0.558. The fraction of sp³-hybridized carbons (Fsp3) is 0.222. The average molecular weight is 447 g/mol. The third kappa shape index (κ3) is 4.72. The monoisotopic (exact) mass is 446 g/mol. The highest BCUT2D eigenvalue weighted by atomic mass is 35.5. The minimum absolute atomic E-state index is 0.0741. The summed E-state index contributed by atoms with van der Waals surface area (Å²) >= 11 is 8.45. The average Bonchev–Trinajstić information content (AvgIpc) is 3.24. The van der Waals surface area contributed by atoms with Gasteiger partial charge >= 0.3 is 6.18 Å². The van der Waals surface area contributed by atoms with Crippen molar-refractivity contribution in [3.8, 4) is 9.88 Å². The molecule has 0 fully saturated rings. The van der Waals surface area contributed by atoms with Gasteiger partial charge in [-0.2, -0.15) is 13.2 Å². The van der Waals surface area contributed by atoms with Crippen molar-refractivity contribution in [2.24, 2.45) is 0 Å². The van der Waals surface area contributed by atoms with Crippen molar-refractivity contribution >= 4 is 40.2 Å². The highest BCUT2D eigenvalue weighted by Gasteiger charge is 2.31. The Kier molecular flexibility index (Phi) is 6.09. The Morgan fingerprint density at radius 3 is 2.68 bits per heavy atom. The molecule has 2 aromatic heterocycles. The molecule has 0 bridgehead atoms. The summed E-state index contributed by atoms with van der Waals surface area (Å²) in [6.07, 6.45) is -5.77. The first-order chi connectivity index (χ1) is 13.1. The summed E-state index contributed by atoms with van der Waals surface area (Å²) in [6.45, 7) is 1.46. The zero-order valence-electron chi connectivity index (χ0n) is 14.4. The molecule has 0 spiro atoms. The fourth-order valence-corrected chi connectivity index (χ4v) is 4.53. The standard InChI is InChI=1S/C18H14ClF3N2O2S2/c1-9-15(28-17(24-9)13-5-6-14(19)27-13)16(26)23-8-12(25)10-3-2-4-11(7-10)18(20,21)22/h2-7,12,25H,8H2,1H3,(H,23,26). The molecular weight excluding hydrogens is 433 g/mol. The molecule has 1 unspecified atom stereocenters. The Hall–Kier alpha value is -1.94. The van der Waals surface area contributed by atoms with Crippen LogP contribution in [0.25, 0.3) is 9.88 Å². The Balaban J connectivity index is 1.68. The summed E-state index contributed by atoms with van der Waals surface area (Å²) in [6, 6.07) is 7.94. The number of thiophene rings is 1. The van der Waals surface area contributed by atoms with E-state index in [0.717, 1.165) is 17.0 Å². The second-order valence-electron chi connectivity index (χ2n) is 5.89. The van der Waals surface area contributed by atoms with Gasteiger partial charge in [0.1, 0.15) is 9.88 Å². The Labute approximate surface area is 171 Å². The Bertz CT molecular complexity index is 1000. The van der Waals surface area contributed by atoms with Crippen LogP contribution in [0.4, 0.5) is 13.2 Å². The Morgan fingerprint density at radius 2 is 2.04 bits per heavy atom. The highest BCUT2D eigenvalue weighted by molar-refractivity contribution is 7.24. The number of hydrogen-bond donors (Lipinski definition) is 2. The number of aliphatic hydroxyl groups excluding tert-OH is 1. The van der Waals surface area contributed by atoms with Crippen LogP contribution in [0.5, 0.6) is 0 Å². The fourth-order valence-electron chi connectivity index (χ4n) is 2.45. The number of alkyl halides is 3. The molecule has 1 aromatic carbocycles. The van der Waals surface area contributed by atoms with Crippen molar-refractivity contribution in [2.45, 2.75) is 19.2 Å². The van der Waals surface area contributed by atoms with Gasteiger partial charge in [-0.1, -0.05) is 23.7 Å². The van der Waals surface area contributed by atoms with E-state index in [4.69, 9.17) is 11.6 Å². The summed E-state index contributed by atoms with van der Waals surface area (Å²) < 4.78 is 39.0. The lowest BCUT2D eigenvalue weighted by atomic mass is 10.1. The van der Waals surface area contributed by atoms with Crippen LogP contribution in [0, 0.1) is 6.92 Å². The topological polar surface area (TPSA) is 62.2 Å². The summed E-state index contributed by atoms with van der Waals surface area (Å²) in [5.41, 5.74) is -0.256. The smallest absolute Gasteiger partial charge is 0.387 e. The molecule has 28 heavy (non-hydrogen) atoms. The second-order valence-corrected chi connectivity index (χ2v) is 8.60. The number of amides is 1. The number of nitrogens with zero attached hydrogens (tertiary/aromatic N) is 1. The van der Waals surface area contributed by atoms with Gasteiger partial charge in [-0.05, 0) is 36.8 Å². The van der Waals surface area contributed by atoms with E-state index in [1.807, 2.05) is 6.07 Å². The van der Waals surface area contributed by atoms with Crippen molar-refractivity contribution in [1.82, 2.24) is 10.3 Å². The van der Waals surface area contributed by atoms with E-state index < -0.39 is 23.8 Å². The third-order valence-corrected chi connectivity index (χ3v) is 6.40. The number of benzene rings is 1. The molecular formula is C18H14ClF3N2O2S2. The van der Waals surface area contributed by atoms with Gasteiger partial charge in [0.05, 0.1) is 26.6 Å². The van der Waals surface area contributed by atoms with Crippen molar-refractivity contribution < 1.29 is 23.1 Å². The van der Waals surface area contributed by atoms with E-state index in [1.165, 1.54) is 34.8 Å². The molecule has 1 atom stereocenters. The number of carbonyl (C=O) groups is 1. The van der Waals surface area contributed by atoms with Crippen molar-refractivity contribution in [3.63, 3.8) is 0 Å². The zero-order valence-corrected chi connectivity index (χ0v) is 16.8. The molecule has 0 radical (unpaired) electrons. The number of halogens is 4. The summed E-state index contributed by atoms with van der Waals surface area (Å²) in [4.78, 5) is 18.0. The van der Waals surface area contributed by atoms with Gasteiger partial charge in [0.15, 0.2) is 0 Å². The van der Waals surface area contributed by atoms with E-state index in [0.29, 0.717) is 19.9 Å². The van der Waals surface area contributed by atoms with Gasteiger partial charge in [0.25, 0.3) is 5.91 Å². The van der Waals surface area contributed by atoms with E-state index in [1.54, 1.807) is 13.0 Å². The molecule has 3 rings (SSSR count). The molecule has 0 saturated heterocycles. The van der Waals surface area contributed by atoms with Gasteiger partial charge in [-0.3, -0.25) is 4.79 Å². The van der Waals surface area contributed by atoms with Crippen LogP contribution in [0.3, 0.4) is 0 Å². The molecule has 4 nitrogen and oxygen atoms in total. The predicted octanol–water partition coefficient (Wildman–Crippen LogP) is 5.32. The number of aliphatic hydroxyl groups is 1. The summed E-state index contributed by atoms with van der Waals surface area (Å²) in [5, 5.41) is 13.3. The lowest BCUT2D eigenvalue weighted by Crippen LogP contribution is -2.28. The van der Waals surface area contributed by atoms with E-state index in [9.17, 15) is 23.1 Å². The number of thiazole rings is 1. The van der Waals surface area contributed by atoms with Crippen molar-refractivity contribution in [3.05, 3.63) is 62.4 Å². The number of nitrogens with one attached hydrogen (secondary N) is 1. The normalized spacial score (nSPS) is 12.8. The number of aryl methyl sites for hydroxylation is 1. The molecule has 0 saturated carbocycles. The minimum Gasteiger partial charge on any atom is -0.387 e. The first kappa shape index (κ1) is 20.8. The maximum atomic E-state index is 12.8. The van der Waals surface area contributed by atoms with Gasteiger partial charge in [0.2, 0.25) is 0 Å². The van der Waals surface area contributed by atoms with E-state index >= 15 is 0 Å². The van der Waals surface area contributed by atoms with Gasteiger partial charge in [-0.25, -0.2) is 4.98 Å². The number of carbonyl (C=O) groups excluding carboxylic acids is 1. The largest absolute Gasteiger partial charge is 0.416 e. The molecule has 2 N–H and O–H groups in total. The third-order valence-electron chi connectivity index (χ3n) is 3.84. The van der Waals surface area contributed by atoms with Crippen LogP contribution in [0.1, 0.15) is 32.6 Å². The van der Waals surface area contributed by atoms with Crippen LogP contribution in [-0.2, 0) is 6.18 Å².